The molecule has 4 rings (SSSR count). The highest BCUT2D eigenvalue weighted by molar-refractivity contribution is 7.89. The van der Waals surface area contributed by atoms with E-state index in [0.717, 1.165) is 18.2 Å². The Kier molecular flexibility index (Phi) is 7.11. The third-order valence-electron chi connectivity index (χ3n) is 5.20. The number of rotatable bonds is 7. The van der Waals surface area contributed by atoms with Gasteiger partial charge in [0.2, 0.25) is 10.0 Å². The second-order valence-electron chi connectivity index (χ2n) is 7.39. The van der Waals surface area contributed by atoms with E-state index >= 15 is 0 Å². The summed E-state index contributed by atoms with van der Waals surface area (Å²) in [7, 11) is -2.33. The summed E-state index contributed by atoms with van der Waals surface area (Å²) in [6, 6.07) is 16.8. The molecule has 0 atom stereocenters. The van der Waals surface area contributed by atoms with Crippen molar-refractivity contribution in [2.45, 2.75) is 4.90 Å². The van der Waals surface area contributed by atoms with Crippen LogP contribution in [-0.4, -0.2) is 52.0 Å². The Bertz CT molecular complexity index is 1270. The van der Waals surface area contributed by atoms with E-state index in [9.17, 15) is 17.6 Å². The molecule has 10 heteroatoms. The van der Waals surface area contributed by atoms with Crippen LogP contribution in [0.2, 0.25) is 0 Å². The van der Waals surface area contributed by atoms with Gasteiger partial charge < -0.3 is 19.5 Å². The van der Waals surface area contributed by atoms with Crippen molar-refractivity contribution in [1.82, 2.24) is 4.31 Å². The molecule has 1 amide bonds. The van der Waals surface area contributed by atoms with Crippen LogP contribution in [0.4, 0.5) is 10.1 Å². The number of methoxy groups -OCH3 is 1. The van der Waals surface area contributed by atoms with Crippen LogP contribution in [0, 0.1) is 5.82 Å². The molecule has 8 nitrogen and oxygen atoms in total. The minimum atomic E-state index is -3.87. The fourth-order valence-corrected chi connectivity index (χ4v) is 4.84. The van der Waals surface area contributed by atoms with Crippen molar-refractivity contribution in [2.75, 3.05) is 38.7 Å². The Labute approximate surface area is 196 Å². The number of para-hydroxylation sites is 2. The fraction of sp³-hybridized carbons (Fsp3) is 0.208. The Morgan fingerprint density at radius 1 is 1.00 bits per heavy atom. The molecule has 1 aliphatic heterocycles. The van der Waals surface area contributed by atoms with Crippen molar-refractivity contribution in [3.05, 3.63) is 78.1 Å². The number of ether oxygens (including phenoxy) is 3. The molecule has 0 aromatic heterocycles. The zero-order valence-electron chi connectivity index (χ0n) is 18.4. The van der Waals surface area contributed by atoms with Gasteiger partial charge in [-0.25, -0.2) is 12.8 Å². The smallest absolute Gasteiger partial charge is 0.258 e. The van der Waals surface area contributed by atoms with Crippen molar-refractivity contribution < 1.29 is 31.8 Å². The number of sulfonamides is 1. The van der Waals surface area contributed by atoms with Crippen molar-refractivity contribution in [3.63, 3.8) is 0 Å². The number of morpholine rings is 1. The molecule has 1 saturated heterocycles. The average Bonchev–Trinajstić information content (AvgIpc) is 2.86. The molecule has 1 heterocycles. The standard InChI is InChI=1S/C24H23FN2O6S/c1-31-22-4-2-3-5-23(22)33-18-8-6-17(7-9-18)26-24(28)20-16-19(10-11-21(20)25)34(29,30)27-12-14-32-15-13-27/h2-11,16H,12-15H2,1H3,(H,26,28). The maximum Gasteiger partial charge on any atom is 0.258 e. The molecular formula is C24H23FN2O6S. The van der Waals surface area contributed by atoms with Gasteiger partial charge in [0.1, 0.15) is 11.6 Å². The molecule has 3 aromatic rings. The quantitative estimate of drug-likeness (QED) is 0.545. The van der Waals surface area contributed by atoms with E-state index in [4.69, 9.17) is 14.2 Å². The highest BCUT2D eigenvalue weighted by Crippen LogP contribution is 2.31. The molecule has 0 spiro atoms. The van der Waals surface area contributed by atoms with E-state index in [1.54, 1.807) is 43.5 Å². The summed E-state index contributed by atoms with van der Waals surface area (Å²) in [6.45, 7) is 0.962. The summed E-state index contributed by atoms with van der Waals surface area (Å²) in [4.78, 5) is 12.6. The predicted octanol–water partition coefficient (Wildman–Crippen LogP) is 3.90. The van der Waals surface area contributed by atoms with Crippen LogP contribution >= 0.6 is 0 Å². The van der Waals surface area contributed by atoms with E-state index in [0.29, 0.717) is 22.9 Å². The van der Waals surface area contributed by atoms with Crippen LogP contribution < -0.4 is 14.8 Å². The van der Waals surface area contributed by atoms with Crippen molar-refractivity contribution in [3.8, 4) is 17.2 Å². The summed E-state index contributed by atoms with van der Waals surface area (Å²) >= 11 is 0. The number of nitrogens with one attached hydrogen (secondary N) is 1. The van der Waals surface area contributed by atoms with Gasteiger partial charge in [0.25, 0.3) is 5.91 Å². The van der Waals surface area contributed by atoms with E-state index in [1.807, 2.05) is 12.1 Å². The molecule has 178 valence electrons. The highest BCUT2D eigenvalue weighted by atomic mass is 32.2. The van der Waals surface area contributed by atoms with Gasteiger partial charge in [-0.3, -0.25) is 4.79 Å². The molecule has 0 radical (unpaired) electrons. The van der Waals surface area contributed by atoms with Crippen molar-refractivity contribution in [1.29, 1.82) is 0 Å². The lowest BCUT2D eigenvalue weighted by molar-refractivity contribution is 0.0730. The van der Waals surface area contributed by atoms with E-state index in [-0.39, 0.29) is 36.8 Å². The summed E-state index contributed by atoms with van der Waals surface area (Å²) in [5.41, 5.74) is 0.0156. The number of benzene rings is 3. The van der Waals surface area contributed by atoms with Gasteiger partial charge in [-0.2, -0.15) is 4.31 Å². The van der Waals surface area contributed by atoms with Crippen LogP contribution in [0.25, 0.3) is 0 Å². The topological polar surface area (TPSA) is 94.2 Å². The van der Waals surface area contributed by atoms with Gasteiger partial charge in [0, 0.05) is 18.8 Å². The molecule has 34 heavy (non-hydrogen) atoms. The van der Waals surface area contributed by atoms with Crippen molar-refractivity contribution in [2.24, 2.45) is 0 Å². The van der Waals surface area contributed by atoms with Crippen LogP contribution in [0.3, 0.4) is 0 Å². The van der Waals surface area contributed by atoms with E-state index in [1.165, 1.54) is 4.31 Å². The fourth-order valence-electron chi connectivity index (χ4n) is 3.41. The van der Waals surface area contributed by atoms with Crippen LogP contribution in [0.1, 0.15) is 10.4 Å². The number of anilines is 1. The second-order valence-corrected chi connectivity index (χ2v) is 9.33. The first-order valence-electron chi connectivity index (χ1n) is 10.5. The summed E-state index contributed by atoms with van der Waals surface area (Å²) in [5.74, 6) is 0.0150. The Morgan fingerprint density at radius 2 is 1.68 bits per heavy atom. The highest BCUT2D eigenvalue weighted by Gasteiger charge is 2.28. The Balaban J connectivity index is 1.49. The number of hydrogen-bond donors (Lipinski definition) is 1. The minimum Gasteiger partial charge on any atom is -0.493 e. The number of halogens is 1. The molecule has 0 aliphatic carbocycles. The molecule has 3 aromatic carbocycles. The number of amides is 1. The molecule has 1 N–H and O–H groups in total. The van der Waals surface area contributed by atoms with Crippen LogP contribution in [0.15, 0.2) is 71.6 Å². The van der Waals surface area contributed by atoms with Gasteiger partial charge in [-0.15, -0.1) is 0 Å². The summed E-state index contributed by atoms with van der Waals surface area (Å²) < 4.78 is 57.6. The first kappa shape index (κ1) is 23.7. The summed E-state index contributed by atoms with van der Waals surface area (Å²) in [6.07, 6.45) is 0. The zero-order chi connectivity index (χ0) is 24.1. The normalized spacial score (nSPS) is 14.4. The predicted molar refractivity (Wildman–Crippen MR) is 123 cm³/mol. The first-order chi connectivity index (χ1) is 16.4. The van der Waals surface area contributed by atoms with Gasteiger partial charge in [0.05, 0.1) is 30.8 Å². The lowest BCUT2D eigenvalue weighted by Crippen LogP contribution is -2.40. The number of carbonyl (C=O) groups is 1. The minimum absolute atomic E-state index is 0.151. The third kappa shape index (κ3) is 5.19. The van der Waals surface area contributed by atoms with Gasteiger partial charge in [-0.05, 0) is 54.6 Å². The van der Waals surface area contributed by atoms with Crippen LogP contribution in [0.5, 0.6) is 17.2 Å². The first-order valence-corrected chi connectivity index (χ1v) is 11.9. The van der Waals surface area contributed by atoms with Gasteiger partial charge >= 0.3 is 0 Å². The van der Waals surface area contributed by atoms with Gasteiger partial charge in [-0.1, -0.05) is 12.1 Å². The second kappa shape index (κ2) is 10.2. The molecule has 1 aliphatic rings. The number of carbonyl (C=O) groups excluding carboxylic acids is 1. The van der Waals surface area contributed by atoms with Crippen LogP contribution in [-0.2, 0) is 14.8 Å². The molecule has 0 bridgehead atoms. The summed E-state index contributed by atoms with van der Waals surface area (Å²) in [5, 5.41) is 2.58. The number of nitrogens with zero attached hydrogens (tertiary/aromatic N) is 1. The maximum atomic E-state index is 14.4. The Morgan fingerprint density at radius 3 is 2.35 bits per heavy atom. The maximum absolute atomic E-state index is 14.4. The molecule has 0 unspecified atom stereocenters. The van der Waals surface area contributed by atoms with E-state index in [2.05, 4.69) is 5.32 Å². The van der Waals surface area contributed by atoms with E-state index < -0.39 is 21.7 Å². The van der Waals surface area contributed by atoms with Crippen molar-refractivity contribution >= 4 is 21.6 Å². The molecule has 1 fully saturated rings. The zero-order valence-corrected chi connectivity index (χ0v) is 19.2. The monoisotopic (exact) mass is 486 g/mol. The lowest BCUT2D eigenvalue weighted by Gasteiger charge is -2.26. The third-order valence-corrected chi connectivity index (χ3v) is 7.09. The largest absolute Gasteiger partial charge is 0.493 e. The van der Waals surface area contributed by atoms with Gasteiger partial charge in [0.15, 0.2) is 11.5 Å². The SMILES string of the molecule is COc1ccccc1Oc1ccc(NC(=O)c2cc(S(=O)(=O)N3CCOCC3)ccc2F)cc1. The lowest BCUT2D eigenvalue weighted by atomic mass is 10.2. The molecule has 0 saturated carbocycles. The average molecular weight is 487 g/mol. The number of hydrogen-bond acceptors (Lipinski definition) is 6. The Hall–Kier alpha value is -3.47. The molecular weight excluding hydrogens is 463 g/mol.